The van der Waals surface area contributed by atoms with Gasteiger partial charge < -0.3 is 25.0 Å². The van der Waals surface area contributed by atoms with E-state index in [1.807, 2.05) is 19.1 Å². The summed E-state index contributed by atoms with van der Waals surface area (Å²) in [6.45, 7) is 13.1. The summed E-state index contributed by atoms with van der Waals surface area (Å²) in [5, 5.41) is 26.5. The summed E-state index contributed by atoms with van der Waals surface area (Å²) in [5.74, 6) is 1.09. The summed E-state index contributed by atoms with van der Waals surface area (Å²) < 4.78 is 36.3. The number of fused-ring (bicyclic) bond motifs is 1. The fraction of sp³-hybridized carbons (Fsp3) is 0.536. The van der Waals surface area contributed by atoms with Gasteiger partial charge in [-0.3, -0.25) is 24.7 Å². The average molecular weight is 1000 g/mol. The van der Waals surface area contributed by atoms with Crippen LogP contribution in [0.1, 0.15) is 138 Å². The number of H-pyrrole nitrogens is 1. The highest BCUT2D eigenvalue weighted by molar-refractivity contribution is 7.90. The zero-order valence-corrected chi connectivity index (χ0v) is 43.0. The van der Waals surface area contributed by atoms with Crippen LogP contribution in [-0.4, -0.2) is 102 Å². The molecule has 2 aliphatic heterocycles. The van der Waals surface area contributed by atoms with E-state index in [4.69, 9.17) is 4.74 Å². The molecule has 2 aromatic heterocycles. The Hall–Kier alpha value is -5.55. The van der Waals surface area contributed by atoms with Crippen LogP contribution in [0.4, 0.5) is 17.1 Å². The van der Waals surface area contributed by atoms with Crippen molar-refractivity contribution < 1.29 is 28.0 Å². The summed E-state index contributed by atoms with van der Waals surface area (Å²) in [6.07, 6.45) is 17.5. The van der Waals surface area contributed by atoms with Gasteiger partial charge in [0.15, 0.2) is 0 Å². The predicted molar refractivity (Wildman–Crippen MR) is 281 cm³/mol. The molecule has 0 radical (unpaired) electrons. The van der Waals surface area contributed by atoms with E-state index in [2.05, 4.69) is 72.8 Å². The highest BCUT2D eigenvalue weighted by Gasteiger charge is 2.50. The van der Waals surface area contributed by atoms with Crippen molar-refractivity contribution in [1.29, 1.82) is 0 Å². The van der Waals surface area contributed by atoms with Crippen molar-refractivity contribution in [2.75, 3.05) is 56.0 Å². The molecule has 3 saturated carbocycles. The van der Waals surface area contributed by atoms with Crippen LogP contribution in [0.15, 0.2) is 90.1 Å². The van der Waals surface area contributed by atoms with E-state index >= 15 is 0 Å². The van der Waals surface area contributed by atoms with Gasteiger partial charge in [0.05, 0.1) is 27.2 Å². The predicted octanol–water partition coefficient (Wildman–Crippen LogP) is 10.5. The van der Waals surface area contributed by atoms with Crippen LogP contribution in [0.2, 0.25) is 0 Å². The molecule has 3 aliphatic carbocycles. The highest BCUT2D eigenvalue weighted by atomic mass is 32.2. The molecule has 0 bridgehead atoms. The fourth-order valence-corrected chi connectivity index (χ4v) is 13.7. The van der Waals surface area contributed by atoms with Gasteiger partial charge in [-0.25, -0.2) is 18.1 Å². The highest BCUT2D eigenvalue weighted by Crippen LogP contribution is 2.53. The third-order valence-corrected chi connectivity index (χ3v) is 18.3. The Morgan fingerprint density at radius 1 is 0.931 bits per heavy atom. The fourth-order valence-electron chi connectivity index (χ4n) is 12.7. The van der Waals surface area contributed by atoms with E-state index in [-0.39, 0.29) is 28.3 Å². The number of aromatic amines is 1. The van der Waals surface area contributed by atoms with E-state index in [1.54, 1.807) is 30.6 Å². The maximum absolute atomic E-state index is 14.1. The minimum atomic E-state index is -4.58. The van der Waals surface area contributed by atoms with Crippen molar-refractivity contribution in [2.24, 2.45) is 17.3 Å². The number of anilines is 2. The number of aliphatic hydroxyl groups is 1. The molecule has 16 heteroatoms. The van der Waals surface area contributed by atoms with Crippen LogP contribution in [-0.2, 0) is 10.0 Å². The molecule has 72 heavy (non-hydrogen) atoms. The van der Waals surface area contributed by atoms with Gasteiger partial charge in [0, 0.05) is 87.3 Å². The standard InChI is InChI=1S/C56H72N8O7S/c1-38(2)46-11-7-8-12-47(46)51-37-61(36-40-9-5-4-6-10-40)27-28-63(51)43-32-56(33-43)22-25-62(26-23-56)42-13-15-48(52(30-42)71-44-29-41-19-24-57-53(41)59-35-44)54(65)60-72(69,70)45-14-16-49(50(31-45)64(67)68)58-34-39-17-20-55(3,66)21-18-39/h7-8,11-16,19,24,29-31,35,38-40,43,51,58,66H,4-6,9-10,17-18,20-23,25-28,32-34,36-37H2,1-3H3,(H,57,59)(H,60,65). The number of aromatic nitrogens is 2. The van der Waals surface area contributed by atoms with Gasteiger partial charge in [-0.15, -0.1) is 0 Å². The van der Waals surface area contributed by atoms with Crippen LogP contribution in [0.25, 0.3) is 11.0 Å². The van der Waals surface area contributed by atoms with Crippen molar-refractivity contribution in [3.05, 3.63) is 112 Å². The smallest absolute Gasteiger partial charge is 0.293 e. The SMILES string of the molecule is CC(C)c1ccccc1C1CN(CC2CCCCC2)CCN1C1CC2(CCN(c3ccc(C(=O)NS(=O)(=O)c4ccc(NCC5CCC(C)(O)CC5)c([N+](=O)[O-])c4)c(Oc4cnc5[nH]ccc5c4)c3)CC2)C1. The molecule has 1 spiro atoms. The number of sulfonamides is 1. The molecule has 4 heterocycles. The molecule has 15 nitrogen and oxygen atoms in total. The number of pyridine rings is 1. The molecule has 4 N–H and O–H groups in total. The second-order valence-corrected chi connectivity index (χ2v) is 24.1. The number of rotatable bonds is 15. The first-order chi connectivity index (χ1) is 34.6. The Bertz CT molecular complexity index is 2850. The quantitative estimate of drug-likeness (QED) is 0.0575. The Morgan fingerprint density at radius 3 is 2.44 bits per heavy atom. The lowest BCUT2D eigenvalue weighted by Crippen LogP contribution is -2.60. The number of amides is 1. The van der Waals surface area contributed by atoms with Gasteiger partial charge in [0.2, 0.25) is 0 Å². The number of nitrogens with zero attached hydrogens (tertiary/aromatic N) is 5. The molecule has 1 amide bonds. The number of carbonyl (C=O) groups is 1. The lowest BCUT2D eigenvalue weighted by atomic mass is 9.59. The van der Waals surface area contributed by atoms with Crippen molar-refractivity contribution in [2.45, 2.75) is 133 Å². The van der Waals surface area contributed by atoms with Crippen LogP contribution in [0.3, 0.4) is 0 Å². The minimum absolute atomic E-state index is 0.0153. The number of piperidine rings is 1. The van der Waals surface area contributed by atoms with Gasteiger partial charge in [-0.2, -0.15) is 0 Å². The number of nitro groups is 1. The average Bonchev–Trinajstić information content (AvgIpc) is 3.84. The summed E-state index contributed by atoms with van der Waals surface area (Å²) in [7, 11) is -4.58. The second kappa shape index (κ2) is 20.8. The van der Waals surface area contributed by atoms with Crippen LogP contribution in [0.5, 0.6) is 11.5 Å². The Balaban J connectivity index is 0.828. The van der Waals surface area contributed by atoms with Crippen LogP contribution >= 0.6 is 0 Å². The summed E-state index contributed by atoms with van der Waals surface area (Å²) >= 11 is 0. The Morgan fingerprint density at radius 2 is 1.69 bits per heavy atom. The van der Waals surface area contributed by atoms with E-state index in [0.29, 0.717) is 48.8 Å². The molecule has 10 rings (SSSR count). The molecule has 5 fully saturated rings. The summed E-state index contributed by atoms with van der Waals surface area (Å²) in [4.78, 5) is 40.8. The van der Waals surface area contributed by atoms with Gasteiger partial charge in [-0.05, 0) is 142 Å². The molecule has 5 aliphatic rings. The summed E-state index contributed by atoms with van der Waals surface area (Å²) in [6, 6.07) is 22.6. The number of piperazine rings is 1. The van der Waals surface area contributed by atoms with Gasteiger partial charge in [0.25, 0.3) is 21.6 Å². The number of hydrogen-bond donors (Lipinski definition) is 4. The number of nitrogens with one attached hydrogen (secondary N) is 3. The van der Waals surface area contributed by atoms with Gasteiger partial charge in [-0.1, -0.05) is 57.4 Å². The minimum Gasteiger partial charge on any atom is -0.455 e. The normalized spacial score (nSPS) is 23.5. The molecule has 5 aromatic rings. The maximum Gasteiger partial charge on any atom is 0.293 e. The van der Waals surface area contributed by atoms with E-state index in [0.717, 1.165) is 81.5 Å². The van der Waals surface area contributed by atoms with E-state index < -0.39 is 37.0 Å². The molecule has 1 unspecified atom stereocenters. The third-order valence-electron chi connectivity index (χ3n) is 17.0. The summed E-state index contributed by atoms with van der Waals surface area (Å²) in [5.41, 5.74) is 3.81. The zero-order valence-electron chi connectivity index (χ0n) is 42.2. The van der Waals surface area contributed by atoms with Crippen molar-refractivity contribution in [3.63, 3.8) is 0 Å². The second-order valence-electron chi connectivity index (χ2n) is 22.4. The van der Waals surface area contributed by atoms with E-state index in [1.165, 1.54) is 74.8 Å². The monoisotopic (exact) mass is 1000 g/mol. The lowest BCUT2D eigenvalue weighted by molar-refractivity contribution is -0.384. The van der Waals surface area contributed by atoms with Crippen molar-refractivity contribution in [1.82, 2.24) is 24.5 Å². The first kappa shape index (κ1) is 50.0. The first-order valence-corrected chi connectivity index (χ1v) is 28.0. The molecule has 3 aromatic carbocycles. The first-order valence-electron chi connectivity index (χ1n) is 26.5. The number of nitro benzene ring substituents is 1. The number of hydrogen-bond acceptors (Lipinski definition) is 12. The van der Waals surface area contributed by atoms with Crippen molar-refractivity contribution in [3.8, 4) is 11.5 Å². The Labute approximate surface area is 424 Å². The third kappa shape index (κ3) is 11.0. The van der Waals surface area contributed by atoms with Gasteiger partial charge in [0.1, 0.15) is 22.8 Å². The van der Waals surface area contributed by atoms with E-state index in [9.17, 15) is 28.4 Å². The lowest BCUT2D eigenvalue weighted by Gasteiger charge is -2.58. The molecular weight excluding hydrogens is 929 g/mol. The van der Waals surface area contributed by atoms with Gasteiger partial charge >= 0.3 is 0 Å². The van der Waals surface area contributed by atoms with Crippen LogP contribution in [0, 0.1) is 27.4 Å². The van der Waals surface area contributed by atoms with Crippen molar-refractivity contribution >= 4 is 44.0 Å². The zero-order chi connectivity index (χ0) is 50.2. The largest absolute Gasteiger partial charge is 0.455 e. The Kier molecular flexibility index (Phi) is 14.4. The number of benzene rings is 3. The molecule has 384 valence electrons. The number of carbonyl (C=O) groups excluding carboxylic acids is 1. The number of ether oxygens (including phenoxy) is 1. The molecular formula is C56H72N8O7S. The molecule has 1 atom stereocenters. The maximum atomic E-state index is 14.1. The van der Waals surface area contributed by atoms with Crippen LogP contribution < -0.4 is 19.7 Å². The topological polar surface area (TPSA) is 186 Å². The molecule has 2 saturated heterocycles.